The van der Waals surface area contributed by atoms with E-state index in [0.717, 1.165) is 11.1 Å². The summed E-state index contributed by atoms with van der Waals surface area (Å²) in [6.07, 6.45) is 4.12. The van der Waals surface area contributed by atoms with Crippen molar-refractivity contribution in [2.45, 2.75) is 12.3 Å². The Balaban J connectivity index is 1.78. The van der Waals surface area contributed by atoms with Crippen molar-refractivity contribution in [3.63, 3.8) is 0 Å². The van der Waals surface area contributed by atoms with Crippen LogP contribution < -0.4 is 10.1 Å². The zero-order chi connectivity index (χ0) is 21.3. The Morgan fingerprint density at radius 3 is 2.93 bits per heavy atom. The standard InChI is InChI=1S/C20H19BN7O2/c1-20(11-29)10-28(21-12-30)18-14(9-22)7-13(8-15(18)20)16-3-5-23-19(24-16)25-17-4-6-27(2)26-17/h3-8,12,29H,10-11H2,1-2H3,(H,23,24,25,26)/t20-/m0/s1. The summed E-state index contributed by atoms with van der Waals surface area (Å²) >= 11 is 0. The van der Waals surface area contributed by atoms with Gasteiger partial charge >= 0.3 is 7.41 Å². The third-order valence-corrected chi connectivity index (χ3v) is 5.18. The van der Waals surface area contributed by atoms with Crippen LogP contribution in [0.2, 0.25) is 0 Å². The van der Waals surface area contributed by atoms with E-state index in [9.17, 15) is 15.2 Å². The Bertz CT molecular complexity index is 1160. The lowest BCUT2D eigenvalue weighted by Crippen LogP contribution is -2.36. The van der Waals surface area contributed by atoms with Gasteiger partial charge in [-0.25, -0.2) is 9.97 Å². The fraction of sp³-hybridized carbons (Fsp3) is 0.250. The molecule has 1 aliphatic rings. The number of fused-ring (bicyclic) bond motifs is 1. The number of hydrogen-bond donors (Lipinski definition) is 2. The average molecular weight is 400 g/mol. The first-order chi connectivity index (χ1) is 14.5. The van der Waals surface area contributed by atoms with Gasteiger partial charge in [0.2, 0.25) is 5.95 Å². The van der Waals surface area contributed by atoms with E-state index in [1.54, 1.807) is 27.8 Å². The SMILES string of the molecule is Cn1ccc(Nc2nccc(-c3cc(C#N)c4c(c3)[C@](C)(CO)CN4[B]C=O)n2)n1. The summed E-state index contributed by atoms with van der Waals surface area (Å²) in [5.74, 6) is 1.00. The molecule has 0 bridgehead atoms. The van der Waals surface area contributed by atoms with Crippen molar-refractivity contribution in [3.8, 4) is 17.3 Å². The van der Waals surface area contributed by atoms with Gasteiger partial charge in [0.25, 0.3) is 0 Å². The van der Waals surface area contributed by atoms with Gasteiger partial charge in [-0.3, -0.25) is 4.68 Å². The maximum absolute atomic E-state index is 11.1. The molecular weight excluding hydrogens is 381 g/mol. The zero-order valence-corrected chi connectivity index (χ0v) is 16.6. The van der Waals surface area contributed by atoms with Gasteiger partial charge in [0.05, 0.1) is 17.9 Å². The first-order valence-corrected chi connectivity index (χ1v) is 9.32. The van der Waals surface area contributed by atoms with Crippen molar-refractivity contribution in [1.82, 2.24) is 19.7 Å². The molecule has 0 fully saturated rings. The molecule has 1 atom stereocenters. The van der Waals surface area contributed by atoms with E-state index >= 15 is 0 Å². The summed E-state index contributed by atoms with van der Waals surface area (Å²) in [7, 11) is 3.21. The van der Waals surface area contributed by atoms with Crippen molar-refractivity contribution in [2.24, 2.45) is 7.05 Å². The number of anilines is 3. The van der Waals surface area contributed by atoms with Crippen LogP contribution in [0.4, 0.5) is 17.5 Å². The molecule has 0 aliphatic carbocycles. The van der Waals surface area contributed by atoms with Crippen molar-refractivity contribution >= 4 is 31.1 Å². The molecule has 0 spiro atoms. The first-order valence-electron chi connectivity index (χ1n) is 9.32. The van der Waals surface area contributed by atoms with E-state index in [4.69, 9.17) is 0 Å². The van der Waals surface area contributed by atoms with Gasteiger partial charge in [0.15, 0.2) is 5.82 Å². The number of rotatable bonds is 6. The fourth-order valence-electron chi connectivity index (χ4n) is 3.69. The van der Waals surface area contributed by atoms with Crippen LogP contribution >= 0.6 is 0 Å². The number of aliphatic hydroxyl groups is 1. The van der Waals surface area contributed by atoms with Crippen LogP contribution in [0.1, 0.15) is 18.1 Å². The second kappa shape index (κ2) is 7.61. The Kier molecular flexibility index (Phi) is 4.97. The molecule has 0 unspecified atom stereocenters. The molecule has 0 saturated heterocycles. The Hall–Kier alpha value is -3.71. The highest BCUT2D eigenvalue weighted by Crippen LogP contribution is 2.44. The number of carbonyl (C=O) groups excluding carboxylic acids is 1. The highest BCUT2D eigenvalue weighted by Gasteiger charge is 2.40. The number of aryl methyl sites for hydroxylation is 1. The zero-order valence-electron chi connectivity index (χ0n) is 16.6. The fourth-order valence-corrected chi connectivity index (χ4v) is 3.69. The highest BCUT2D eigenvalue weighted by atomic mass is 16.3. The third kappa shape index (κ3) is 3.40. The van der Waals surface area contributed by atoms with Crippen LogP contribution in [0, 0.1) is 11.3 Å². The van der Waals surface area contributed by atoms with Gasteiger partial charge in [-0.15, -0.1) is 0 Å². The average Bonchev–Trinajstić information content (AvgIpc) is 3.29. The van der Waals surface area contributed by atoms with Crippen molar-refractivity contribution < 1.29 is 9.90 Å². The minimum Gasteiger partial charge on any atom is -0.410 e. The third-order valence-electron chi connectivity index (χ3n) is 5.18. The summed E-state index contributed by atoms with van der Waals surface area (Å²) in [6.45, 7) is 2.20. The molecule has 4 rings (SSSR count). The molecule has 3 aromatic rings. The van der Waals surface area contributed by atoms with Gasteiger partial charge in [0.1, 0.15) is 12.3 Å². The minimum absolute atomic E-state index is 0.117. The van der Waals surface area contributed by atoms with Gasteiger partial charge < -0.3 is 20.0 Å². The molecular formula is C20H19BN7O2. The number of aliphatic hydroxyl groups excluding tert-OH is 1. The normalized spacial score (nSPS) is 17.3. The molecule has 2 aromatic heterocycles. The highest BCUT2D eigenvalue weighted by molar-refractivity contribution is 6.70. The molecule has 1 aliphatic heterocycles. The lowest BCUT2D eigenvalue weighted by atomic mass is 9.83. The largest absolute Gasteiger partial charge is 0.410 e. The lowest BCUT2D eigenvalue weighted by molar-refractivity contribution is 0.217. The van der Waals surface area contributed by atoms with E-state index in [1.807, 2.05) is 32.3 Å². The summed E-state index contributed by atoms with van der Waals surface area (Å²) in [4.78, 5) is 21.6. The van der Waals surface area contributed by atoms with E-state index in [-0.39, 0.29) is 6.61 Å². The number of nitrogens with zero attached hydrogens (tertiary/aromatic N) is 6. The molecule has 1 radical (unpaired) electrons. The topological polar surface area (TPSA) is 120 Å². The van der Waals surface area contributed by atoms with Crippen molar-refractivity contribution in [2.75, 3.05) is 23.3 Å². The predicted molar refractivity (Wildman–Crippen MR) is 113 cm³/mol. The molecule has 3 heterocycles. The Morgan fingerprint density at radius 2 is 2.27 bits per heavy atom. The second-order valence-electron chi connectivity index (χ2n) is 7.43. The molecule has 2 N–H and O–H groups in total. The summed E-state index contributed by atoms with van der Waals surface area (Å²) < 4.78 is 1.67. The number of nitriles is 1. The number of hydrogen-bond acceptors (Lipinski definition) is 8. The molecule has 10 heteroatoms. The quantitative estimate of drug-likeness (QED) is 0.470. The van der Waals surface area contributed by atoms with Crippen LogP contribution in [0.25, 0.3) is 11.3 Å². The molecule has 149 valence electrons. The van der Waals surface area contributed by atoms with Crippen LogP contribution in [0.5, 0.6) is 0 Å². The van der Waals surface area contributed by atoms with E-state index in [0.29, 0.717) is 41.4 Å². The minimum atomic E-state index is -0.613. The number of benzene rings is 1. The van der Waals surface area contributed by atoms with Crippen LogP contribution in [-0.4, -0.2) is 51.6 Å². The smallest absolute Gasteiger partial charge is 0.329 e. The van der Waals surface area contributed by atoms with E-state index in [2.05, 4.69) is 26.5 Å². The maximum Gasteiger partial charge on any atom is 0.329 e. The molecule has 0 amide bonds. The van der Waals surface area contributed by atoms with E-state index in [1.165, 1.54) is 7.41 Å². The lowest BCUT2D eigenvalue weighted by Gasteiger charge is -2.23. The van der Waals surface area contributed by atoms with Crippen LogP contribution in [0.3, 0.4) is 0 Å². The first kappa shape index (κ1) is 19.6. The summed E-state index contributed by atoms with van der Waals surface area (Å²) in [6, 6.07) is 9.43. The Morgan fingerprint density at radius 1 is 1.43 bits per heavy atom. The second-order valence-corrected chi connectivity index (χ2v) is 7.43. The summed E-state index contributed by atoms with van der Waals surface area (Å²) in [5.41, 5.74) is 2.60. The summed E-state index contributed by atoms with van der Waals surface area (Å²) in [5, 5.41) is 27.1. The van der Waals surface area contributed by atoms with Gasteiger partial charge in [0, 0.05) is 48.7 Å². The van der Waals surface area contributed by atoms with Gasteiger partial charge in [-0.05, 0) is 23.8 Å². The van der Waals surface area contributed by atoms with Gasteiger partial charge in [-0.1, -0.05) is 6.92 Å². The Labute approximate surface area is 174 Å². The monoisotopic (exact) mass is 400 g/mol. The van der Waals surface area contributed by atoms with Crippen LogP contribution in [-0.2, 0) is 17.3 Å². The molecule has 1 aromatic carbocycles. The van der Waals surface area contributed by atoms with Crippen molar-refractivity contribution in [1.29, 1.82) is 5.26 Å². The number of nitrogens with one attached hydrogen (secondary N) is 1. The van der Waals surface area contributed by atoms with Gasteiger partial charge in [-0.2, -0.15) is 10.4 Å². The maximum atomic E-state index is 11.1. The number of carbonyl (C=O) groups is 1. The van der Waals surface area contributed by atoms with Crippen LogP contribution in [0.15, 0.2) is 36.7 Å². The molecule has 9 nitrogen and oxygen atoms in total. The molecule has 30 heavy (non-hydrogen) atoms. The number of aromatic nitrogens is 4. The predicted octanol–water partition coefficient (Wildman–Crippen LogP) is 1.37. The molecule has 0 saturated carbocycles. The van der Waals surface area contributed by atoms with E-state index < -0.39 is 5.41 Å². The van der Waals surface area contributed by atoms with Crippen molar-refractivity contribution in [3.05, 3.63) is 47.8 Å².